The van der Waals surface area contributed by atoms with E-state index in [4.69, 9.17) is 0 Å². The summed E-state index contributed by atoms with van der Waals surface area (Å²) in [7, 11) is -2.10. The van der Waals surface area contributed by atoms with Gasteiger partial charge in [0.15, 0.2) is 0 Å². The first-order valence-electron chi connectivity index (χ1n) is 7.87. The molecule has 0 amide bonds. The molecule has 0 radical (unpaired) electrons. The fourth-order valence-electron chi connectivity index (χ4n) is 2.41. The predicted molar refractivity (Wildman–Crippen MR) is 95.2 cm³/mol. The molecule has 21 heavy (non-hydrogen) atoms. The van der Waals surface area contributed by atoms with Crippen LogP contribution in [0.1, 0.15) is 39.0 Å². The van der Waals surface area contributed by atoms with Crippen molar-refractivity contribution >= 4 is 13.3 Å². The van der Waals surface area contributed by atoms with E-state index in [0.717, 1.165) is 25.7 Å². The van der Waals surface area contributed by atoms with Crippen molar-refractivity contribution in [3.05, 3.63) is 43.0 Å². The number of benzene rings is 1. The van der Waals surface area contributed by atoms with Crippen LogP contribution in [0.15, 0.2) is 43.0 Å². The van der Waals surface area contributed by atoms with E-state index in [-0.39, 0.29) is 0 Å². The molecule has 1 nitrogen and oxygen atoms in total. The van der Waals surface area contributed by atoms with Crippen LogP contribution in [0, 0.1) is 11.8 Å². The average molecular weight is 301 g/mol. The summed E-state index contributed by atoms with van der Waals surface area (Å²) in [4.78, 5) is 0. The quantitative estimate of drug-likeness (QED) is 0.349. The van der Waals surface area contributed by atoms with Gasteiger partial charge < -0.3 is 5.11 Å². The number of unbranched alkanes of at least 4 members (excludes halogenated alkanes) is 2. The molecule has 1 atom stereocenters. The minimum atomic E-state index is -2.10. The van der Waals surface area contributed by atoms with E-state index in [1.807, 2.05) is 24.3 Å². The van der Waals surface area contributed by atoms with Gasteiger partial charge in [0.2, 0.25) is 0 Å². The van der Waals surface area contributed by atoms with E-state index in [9.17, 15) is 5.11 Å². The van der Waals surface area contributed by atoms with Gasteiger partial charge in [-0.15, -0.1) is 12.5 Å². The van der Waals surface area contributed by atoms with Crippen molar-refractivity contribution in [3.63, 3.8) is 0 Å². The van der Waals surface area contributed by atoms with Gasteiger partial charge in [-0.2, -0.15) is 0 Å². The number of aliphatic hydroxyl groups is 1. The highest BCUT2D eigenvalue weighted by Crippen LogP contribution is 2.26. The van der Waals surface area contributed by atoms with Gasteiger partial charge in [-0.1, -0.05) is 74.0 Å². The van der Waals surface area contributed by atoms with Crippen LogP contribution in [0.2, 0.25) is 13.1 Å². The van der Waals surface area contributed by atoms with Crippen LogP contribution in [0.3, 0.4) is 0 Å². The normalized spacial score (nSPS) is 13.9. The van der Waals surface area contributed by atoms with Crippen LogP contribution in [-0.4, -0.2) is 18.4 Å². The van der Waals surface area contributed by atoms with Crippen LogP contribution in [0.4, 0.5) is 0 Å². The minimum absolute atomic E-state index is 0.670. The van der Waals surface area contributed by atoms with Crippen molar-refractivity contribution in [2.45, 2.75) is 57.3 Å². The van der Waals surface area contributed by atoms with Gasteiger partial charge in [0.05, 0.1) is 0 Å². The lowest BCUT2D eigenvalue weighted by Gasteiger charge is -2.37. The highest BCUT2D eigenvalue weighted by Gasteiger charge is 2.44. The topological polar surface area (TPSA) is 20.2 Å². The van der Waals surface area contributed by atoms with Crippen LogP contribution >= 0.6 is 0 Å². The van der Waals surface area contributed by atoms with Crippen LogP contribution in [0.5, 0.6) is 0 Å². The Balaban J connectivity index is 3.09. The molecular weight excluding hydrogens is 272 g/mol. The van der Waals surface area contributed by atoms with E-state index in [0.29, 0.717) is 6.42 Å². The molecule has 0 bridgehead atoms. The first-order valence-corrected chi connectivity index (χ1v) is 10.9. The fourth-order valence-corrected chi connectivity index (χ4v) is 5.08. The minimum Gasteiger partial charge on any atom is -0.381 e. The summed E-state index contributed by atoms with van der Waals surface area (Å²) in [6.07, 6.45) is 6.43. The zero-order valence-corrected chi connectivity index (χ0v) is 14.7. The highest BCUT2D eigenvalue weighted by atomic mass is 28.3. The SMILES string of the molecule is C=CCCC(O)(C#CCCCC)[Si](C)(C)c1ccccc1. The van der Waals surface area contributed by atoms with E-state index in [1.165, 1.54) is 5.19 Å². The average Bonchev–Trinajstić information content (AvgIpc) is 2.50. The monoisotopic (exact) mass is 300 g/mol. The second kappa shape index (κ2) is 8.22. The molecule has 0 fully saturated rings. The van der Waals surface area contributed by atoms with Crippen LogP contribution in [0.25, 0.3) is 0 Å². The summed E-state index contributed by atoms with van der Waals surface area (Å²) in [5.74, 6) is 6.44. The molecule has 0 spiro atoms. The van der Waals surface area contributed by atoms with Crippen molar-refractivity contribution in [2.24, 2.45) is 0 Å². The number of hydrogen-bond donors (Lipinski definition) is 1. The predicted octanol–water partition coefficient (Wildman–Crippen LogP) is 4.03. The molecule has 114 valence electrons. The Labute approximate surface area is 131 Å². The molecule has 0 aromatic heterocycles. The van der Waals surface area contributed by atoms with Gasteiger partial charge in [0.1, 0.15) is 13.3 Å². The molecular formula is C19H28OSi. The van der Waals surface area contributed by atoms with Gasteiger partial charge >= 0.3 is 0 Å². The molecule has 0 saturated carbocycles. The van der Waals surface area contributed by atoms with Crippen molar-refractivity contribution in [2.75, 3.05) is 0 Å². The standard InChI is InChI=1S/C19H28OSi/c1-5-7-9-13-17-19(20,16-8-6-2)21(3,4)18-14-11-10-12-15-18/h6,10-12,14-15,20H,2,5,7-9,16H2,1,3-4H3. The lowest BCUT2D eigenvalue weighted by Crippen LogP contribution is -2.61. The molecule has 0 heterocycles. The van der Waals surface area contributed by atoms with Gasteiger partial charge in [0.25, 0.3) is 0 Å². The Kier molecular flexibility index (Phi) is 6.94. The highest BCUT2D eigenvalue weighted by molar-refractivity contribution is 6.92. The number of rotatable bonds is 7. The Morgan fingerprint density at radius 3 is 2.52 bits per heavy atom. The van der Waals surface area contributed by atoms with E-state index in [1.54, 1.807) is 0 Å². The summed E-state index contributed by atoms with van der Waals surface area (Å²) in [6, 6.07) is 10.4. The van der Waals surface area contributed by atoms with Crippen molar-refractivity contribution in [1.82, 2.24) is 0 Å². The number of allylic oxidation sites excluding steroid dienone is 1. The summed E-state index contributed by atoms with van der Waals surface area (Å²) in [5.41, 5.74) is 0. The van der Waals surface area contributed by atoms with Gasteiger partial charge in [-0.3, -0.25) is 0 Å². The summed E-state index contributed by atoms with van der Waals surface area (Å²) < 4.78 is 0. The third-order valence-electron chi connectivity index (χ3n) is 4.19. The maximum atomic E-state index is 11.3. The smallest absolute Gasteiger partial charge is 0.132 e. The Morgan fingerprint density at radius 1 is 1.29 bits per heavy atom. The zero-order valence-electron chi connectivity index (χ0n) is 13.7. The molecule has 0 aliphatic heterocycles. The summed E-state index contributed by atoms with van der Waals surface area (Å²) in [6.45, 7) is 10.4. The lowest BCUT2D eigenvalue weighted by atomic mass is 10.1. The Morgan fingerprint density at radius 2 is 1.95 bits per heavy atom. The van der Waals surface area contributed by atoms with Crippen LogP contribution in [-0.2, 0) is 0 Å². The summed E-state index contributed by atoms with van der Waals surface area (Å²) in [5, 5.41) is 11.6. The van der Waals surface area contributed by atoms with E-state index in [2.05, 4.69) is 50.6 Å². The van der Waals surface area contributed by atoms with Gasteiger partial charge in [-0.25, -0.2) is 0 Å². The Bertz CT molecular complexity index is 495. The fraction of sp³-hybridized carbons (Fsp3) is 0.474. The van der Waals surface area contributed by atoms with Crippen molar-refractivity contribution < 1.29 is 5.11 Å². The van der Waals surface area contributed by atoms with Crippen LogP contribution < -0.4 is 5.19 Å². The van der Waals surface area contributed by atoms with E-state index < -0.39 is 13.3 Å². The summed E-state index contributed by atoms with van der Waals surface area (Å²) >= 11 is 0. The first kappa shape index (κ1) is 17.7. The second-order valence-corrected chi connectivity index (χ2v) is 10.7. The van der Waals surface area contributed by atoms with E-state index >= 15 is 0 Å². The third-order valence-corrected chi connectivity index (χ3v) is 8.41. The molecule has 1 rings (SSSR count). The van der Waals surface area contributed by atoms with Crippen molar-refractivity contribution in [3.8, 4) is 11.8 Å². The maximum absolute atomic E-state index is 11.3. The maximum Gasteiger partial charge on any atom is 0.132 e. The first-order chi connectivity index (χ1) is 9.98. The number of hydrogen-bond acceptors (Lipinski definition) is 1. The largest absolute Gasteiger partial charge is 0.381 e. The molecule has 0 aliphatic carbocycles. The molecule has 2 heteroatoms. The second-order valence-electron chi connectivity index (χ2n) is 6.08. The zero-order chi connectivity index (χ0) is 15.8. The molecule has 0 saturated heterocycles. The molecule has 1 unspecified atom stereocenters. The Hall–Kier alpha value is -1.30. The van der Waals surface area contributed by atoms with Crippen molar-refractivity contribution in [1.29, 1.82) is 0 Å². The van der Waals surface area contributed by atoms with Gasteiger partial charge in [0, 0.05) is 6.42 Å². The lowest BCUT2D eigenvalue weighted by molar-refractivity contribution is 0.168. The molecule has 1 N–H and O–H groups in total. The van der Waals surface area contributed by atoms with Gasteiger partial charge in [-0.05, 0) is 19.3 Å². The molecule has 1 aromatic rings. The molecule has 0 aliphatic rings. The third kappa shape index (κ3) is 4.59. The molecule has 1 aromatic carbocycles.